The number of benzene rings is 1. The van der Waals surface area contributed by atoms with Gasteiger partial charge < -0.3 is 11.5 Å². The molecule has 2 nitrogen and oxygen atoms in total. The molecule has 0 fully saturated rings. The van der Waals surface area contributed by atoms with Crippen molar-refractivity contribution in [2.45, 2.75) is 26.3 Å². The molecule has 0 saturated carbocycles. The summed E-state index contributed by atoms with van der Waals surface area (Å²) in [5.74, 6) is 0. The van der Waals surface area contributed by atoms with Gasteiger partial charge in [-0.15, -0.1) is 0 Å². The first-order chi connectivity index (χ1) is 5.65. The Hall–Kier alpha value is -1.02. The average Bonchev–Trinajstić information content (AvgIpc) is 2.03. The van der Waals surface area contributed by atoms with E-state index in [0.717, 1.165) is 12.1 Å². The lowest BCUT2D eigenvalue weighted by Crippen LogP contribution is -2.10. The lowest BCUT2D eigenvalue weighted by atomic mass is 10.00. The summed E-state index contributed by atoms with van der Waals surface area (Å²) in [6, 6.07) is 6.02. The summed E-state index contributed by atoms with van der Waals surface area (Å²) in [6.45, 7) is 4.13. The van der Waals surface area contributed by atoms with E-state index in [2.05, 4.69) is 6.92 Å². The fraction of sp³-hybridized carbons (Fsp3) is 0.400. The van der Waals surface area contributed by atoms with Gasteiger partial charge in [0.25, 0.3) is 0 Å². The lowest BCUT2D eigenvalue weighted by molar-refractivity contribution is 0.694. The largest absolute Gasteiger partial charge is 0.399 e. The first kappa shape index (κ1) is 9.07. The molecule has 66 valence electrons. The molecule has 1 atom stereocenters. The van der Waals surface area contributed by atoms with Gasteiger partial charge in [0.15, 0.2) is 0 Å². The molecule has 0 heterocycles. The van der Waals surface area contributed by atoms with Crippen LogP contribution in [-0.2, 0) is 0 Å². The van der Waals surface area contributed by atoms with Gasteiger partial charge in [0, 0.05) is 11.7 Å². The standard InChI is InChI=1S/C10H16N2/c1-3-10(12)9-5-4-8(11)6-7(9)2/h4-6,10H,3,11-12H2,1-2H3. The smallest absolute Gasteiger partial charge is 0.0316 e. The van der Waals surface area contributed by atoms with Crippen molar-refractivity contribution in [3.8, 4) is 0 Å². The average molecular weight is 164 g/mol. The van der Waals surface area contributed by atoms with Crippen LogP contribution in [0.2, 0.25) is 0 Å². The Morgan fingerprint density at radius 1 is 1.42 bits per heavy atom. The highest BCUT2D eigenvalue weighted by molar-refractivity contribution is 5.45. The zero-order valence-electron chi connectivity index (χ0n) is 7.67. The lowest BCUT2D eigenvalue weighted by Gasteiger charge is -2.12. The Labute approximate surface area is 73.6 Å². The van der Waals surface area contributed by atoms with Gasteiger partial charge in [-0.05, 0) is 36.6 Å². The predicted octanol–water partition coefficient (Wildman–Crippen LogP) is 1.99. The Morgan fingerprint density at radius 3 is 2.58 bits per heavy atom. The topological polar surface area (TPSA) is 52.0 Å². The third kappa shape index (κ3) is 1.77. The van der Waals surface area contributed by atoms with Crippen molar-refractivity contribution in [1.29, 1.82) is 0 Å². The minimum absolute atomic E-state index is 0.144. The molecule has 1 aromatic rings. The maximum absolute atomic E-state index is 5.90. The van der Waals surface area contributed by atoms with E-state index in [1.807, 2.05) is 25.1 Å². The highest BCUT2D eigenvalue weighted by atomic mass is 14.6. The molecule has 0 saturated heterocycles. The molecule has 0 aliphatic rings. The third-order valence-electron chi connectivity index (χ3n) is 2.13. The minimum atomic E-state index is 0.144. The zero-order valence-corrected chi connectivity index (χ0v) is 7.67. The summed E-state index contributed by atoms with van der Waals surface area (Å²) in [5, 5.41) is 0. The predicted molar refractivity (Wildman–Crippen MR) is 52.8 cm³/mol. The molecular formula is C10H16N2. The number of aryl methyl sites for hydroxylation is 1. The Bertz CT molecular complexity index is 269. The molecule has 4 N–H and O–H groups in total. The third-order valence-corrected chi connectivity index (χ3v) is 2.13. The summed E-state index contributed by atoms with van der Waals surface area (Å²) in [6.07, 6.45) is 0.963. The van der Waals surface area contributed by atoms with Crippen molar-refractivity contribution in [1.82, 2.24) is 0 Å². The first-order valence-electron chi connectivity index (χ1n) is 4.26. The van der Waals surface area contributed by atoms with E-state index in [1.54, 1.807) is 0 Å². The highest BCUT2D eigenvalue weighted by Crippen LogP contribution is 2.19. The summed E-state index contributed by atoms with van der Waals surface area (Å²) in [4.78, 5) is 0. The number of hydrogen-bond donors (Lipinski definition) is 2. The van der Waals surface area contributed by atoms with Crippen LogP contribution in [0.15, 0.2) is 18.2 Å². The van der Waals surface area contributed by atoms with Crippen LogP contribution >= 0.6 is 0 Å². The number of nitrogens with two attached hydrogens (primary N) is 2. The van der Waals surface area contributed by atoms with Crippen LogP contribution in [0.5, 0.6) is 0 Å². The van der Waals surface area contributed by atoms with Crippen LogP contribution < -0.4 is 11.5 Å². The number of anilines is 1. The van der Waals surface area contributed by atoms with Crippen molar-refractivity contribution < 1.29 is 0 Å². The van der Waals surface area contributed by atoms with Gasteiger partial charge in [-0.25, -0.2) is 0 Å². The molecular weight excluding hydrogens is 148 g/mol. The van der Waals surface area contributed by atoms with Crippen molar-refractivity contribution in [3.05, 3.63) is 29.3 Å². The van der Waals surface area contributed by atoms with Crippen LogP contribution in [0.4, 0.5) is 5.69 Å². The van der Waals surface area contributed by atoms with E-state index in [4.69, 9.17) is 11.5 Å². The van der Waals surface area contributed by atoms with E-state index in [1.165, 1.54) is 11.1 Å². The van der Waals surface area contributed by atoms with Crippen molar-refractivity contribution >= 4 is 5.69 Å². The van der Waals surface area contributed by atoms with E-state index in [0.29, 0.717) is 0 Å². The Morgan fingerprint density at radius 2 is 2.08 bits per heavy atom. The molecule has 0 bridgehead atoms. The van der Waals surface area contributed by atoms with Crippen LogP contribution in [0.25, 0.3) is 0 Å². The van der Waals surface area contributed by atoms with Gasteiger partial charge in [0.1, 0.15) is 0 Å². The summed E-state index contributed by atoms with van der Waals surface area (Å²) in [5.41, 5.74) is 14.7. The number of hydrogen-bond acceptors (Lipinski definition) is 2. The Kier molecular flexibility index (Phi) is 2.71. The minimum Gasteiger partial charge on any atom is -0.399 e. The van der Waals surface area contributed by atoms with Gasteiger partial charge in [-0.2, -0.15) is 0 Å². The number of nitrogen functional groups attached to an aromatic ring is 1. The van der Waals surface area contributed by atoms with Crippen LogP contribution in [-0.4, -0.2) is 0 Å². The second-order valence-corrected chi connectivity index (χ2v) is 3.13. The fourth-order valence-electron chi connectivity index (χ4n) is 1.33. The van der Waals surface area contributed by atoms with Gasteiger partial charge >= 0.3 is 0 Å². The van der Waals surface area contributed by atoms with E-state index in [-0.39, 0.29) is 6.04 Å². The molecule has 0 radical (unpaired) electrons. The summed E-state index contributed by atoms with van der Waals surface area (Å²) in [7, 11) is 0. The molecule has 0 amide bonds. The molecule has 2 heteroatoms. The summed E-state index contributed by atoms with van der Waals surface area (Å²) >= 11 is 0. The number of rotatable bonds is 2. The second kappa shape index (κ2) is 3.59. The molecule has 0 aromatic heterocycles. The van der Waals surface area contributed by atoms with Gasteiger partial charge in [-0.1, -0.05) is 13.0 Å². The maximum Gasteiger partial charge on any atom is 0.0316 e. The van der Waals surface area contributed by atoms with Gasteiger partial charge in [0.2, 0.25) is 0 Å². The van der Waals surface area contributed by atoms with Crippen molar-refractivity contribution in [2.75, 3.05) is 5.73 Å². The molecule has 0 aliphatic carbocycles. The van der Waals surface area contributed by atoms with Gasteiger partial charge in [0.05, 0.1) is 0 Å². The van der Waals surface area contributed by atoms with E-state index >= 15 is 0 Å². The van der Waals surface area contributed by atoms with Crippen molar-refractivity contribution in [2.24, 2.45) is 5.73 Å². The summed E-state index contributed by atoms with van der Waals surface area (Å²) < 4.78 is 0. The van der Waals surface area contributed by atoms with E-state index in [9.17, 15) is 0 Å². The molecule has 12 heavy (non-hydrogen) atoms. The molecule has 0 spiro atoms. The monoisotopic (exact) mass is 164 g/mol. The van der Waals surface area contributed by atoms with Crippen LogP contribution in [0.3, 0.4) is 0 Å². The quantitative estimate of drug-likeness (QED) is 0.657. The van der Waals surface area contributed by atoms with Crippen molar-refractivity contribution in [3.63, 3.8) is 0 Å². The van der Waals surface area contributed by atoms with E-state index < -0.39 is 0 Å². The van der Waals surface area contributed by atoms with Crippen LogP contribution in [0, 0.1) is 6.92 Å². The fourth-order valence-corrected chi connectivity index (χ4v) is 1.33. The molecule has 1 rings (SSSR count). The van der Waals surface area contributed by atoms with Crippen LogP contribution in [0.1, 0.15) is 30.5 Å². The van der Waals surface area contributed by atoms with Gasteiger partial charge in [-0.3, -0.25) is 0 Å². The molecule has 0 aliphatic heterocycles. The Balaban J connectivity index is 3.01. The normalized spacial score (nSPS) is 12.9. The molecule has 1 aromatic carbocycles. The maximum atomic E-state index is 5.90. The zero-order chi connectivity index (χ0) is 9.14. The highest BCUT2D eigenvalue weighted by Gasteiger charge is 2.05. The SMILES string of the molecule is CCC(N)c1ccc(N)cc1C. The second-order valence-electron chi connectivity index (χ2n) is 3.13. The first-order valence-corrected chi connectivity index (χ1v) is 4.26. The molecule has 1 unspecified atom stereocenters.